The third-order valence-electron chi connectivity index (χ3n) is 2.55. The highest BCUT2D eigenvalue weighted by Crippen LogP contribution is 2.21. The number of benzene rings is 1. The summed E-state index contributed by atoms with van der Waals surface area (Å²) in [5, 5.41) is 5.34. The van der Waals surface area contributed by atoms with E-state index in [0.29, 0.717) is 5.82 Å². The maximum atomic E-state index is 5.81. The molecular weight excluding hydrogens is 210 g/mol. The normalized spacial score (nSPS) is 10.1. The number of aromatic nitrogens is 2. The zero-order valence-corrected chi connectivity index (χ0v) is 11.3. The molecule has 17 heavy (non-hydrogen) atoms. The van der Waals surface area contributed by atoms with E-state index in [0.717, 1.165) is 23.9 Å². The van der Waals surface area contributed by atoms with Crippen LogP contribution in [0.3, 0.4) is 0 Å². The van der Waals surface area contributed by atoms with Crippen molar-refractivity contribution in [1.82, 2.24) is 9.78 Å². The second-order valence-electron chi connectivity index (χ2n) is 4.11. The van der Waals surface area contributed by atoms with Crippen LogP contribution in [0.2, 0.25) is 0 Å². The van der Waals surface area contributed by atoms with Gasteiger partial charge in [-0.1, -0.05) is 33.3 Å². The minimum Gasteiger partial charge on any atom is -0.382 e. The monoisotopic (exact) mass is 233 g/mol. The lowest BCUT2D eigenvalue weighted by Crippen LogP contribution is -1.97. The number of fused-ring (bicyclic) bond motifs is 1. The maximum Gasteiger partial charge on any atom is 0.153 e. The summed E-state index contributed by atoms with van der Waals surface area (Å²) < 4.78 is 1.95. The molecule has 2 aromatic rings. The highest BCUT2D eigenvalue weighted by Gasteiger charge is 2.06. The molecule has 0 saturated carbocycles. The minimum atomic E-state index is 0.629. The zero-order valence-electron chi connectivity index (χ0n) is 11.3. The summed E-state index contributed by atoms with van der Waals surface area (Å²) in [5.41, 5.74) is 8.28. The van der Waals surface area contributed by atoms with Gasteiger partial charge in [0, 0.05) is 11.9 Å². The molecule has 0 aliphatic rings. The van der Waals surface area contributed by atoms with Gasteiger partial charge in [0.1, 0.15) is 0 Å². The molecule has 0 aliphatic heterocycles. The van der Waals surface area contributed by atoms with Gasteiger partial charge in [-0.2, -0.15) is 5.10 Å². The molecular formula is C14H23N3. The number of anilines is 1. The van der Waals surface area contributed by atoms with Crippen LogP contribution in [0.25, 0.3) is 10.9 Å². The van der Waals surface area contributed by atoms with E-state index in [-0.39, 0.29) is 0 Å². The molecule has 1 heterocycles. The number of aryl methyl sites for hydroxylation is 2. The van der Waals surface area contributed by atoms with E-state index >= 15 is 0 Å². The quantitative estimate of drug-likeness (QED) is 0.861. The maximum absolute atomic E-state index is 5.81. The standard InChI is InChI=1S/C11H15N3.C3H8/c1-3-8-5-6-9-10(7-8)14(4-2)13-11(9)12;1-3-2/h5-7H,3-4H2,1-2H3,(H2,12,13);3H2,1-2H3. The molecule has 1 aromatic carbocycles. The lowest BCUT2D eigenvalue weighted by Gasteiger charge is -2.00. The number of rotatable bonds is 2. The number of nitrogens with zero attached hydrogens (tertiary/aromatic N) is 2. The molecule has 3 heteroatoms. The third-order valence-corrected chi connectivity index (χ3v) is 2.55. The van der Waals surface area contributed by atoms with Crippen molar-refractivity contribution in [2.24, 2.45) is 0 Å². The molecule has 0 fully saturated rings. The van der Waals surface area contributed by atoms with E-state index in [2.05, 4.69) is 51.0 Å². The van der Waals surface area contributed by atoms with Crippen molar-refractivity contribution < 1.29 is 0 Å². The van der Waals surface area contributed by atoms with E-state index in [9.17, 15) is 0 Å². The van der Waals surface area contributed by atoms with Crippen LogP contribution in [-0.4, -0.2) is 9.78 Å². The van der Waals surface area contributed by atoms with Gasteiger partial charge in [0.15, 0.2) is 5.82 Å². The van der Waals surface area contributed by atoms with Crippen molar-refractivity contribution in [1.29, 1.82) is 0 Å². The fraction of sp³-hybridized carbons (Fsp3) is 0.500. The van der Waals surface area contributed by atoms with Crippen LogP contribution < -0.4 is 5.73 Å². The van der Waals surface area contributed by atoms with E-state index < -0.39 is 0 Å². The van der Waals surface area contributed by atoms with Crippen molar-refractivity contribution in [2.45, 2.75) is 47.1 Å². The Kier molecular flexibility index (Phi) is 5.01. The van der Waals surface area contributed by atoms with Gasteiger partial charge in [-0.15, -0.1) is 0 Å². The van der Waals surface area contributed by atoms with Gasteiger partial charge in [-0.05, 0) is 31.0 Å². The molecule has 0 aliphatic carbocycles. The van der Waals surface area contributed by atoms with Gasteiger partial charge in [0.2, 0.25) is 0 Å². The Morgan fingerprint density at radius 1 is 1.18 bits per heavy atom. The van der Waals surface area contributed by atoms with Gasteiger partial charge < -0.3 is 5.73 Å². The van der Waals surface area contributed by atoms with Gasteiger partial charge in [-0.25, -0.2) is 0 Å². The first-order chi connectivity index (χ1) is 8.17. The Balaban J connectivity index is 0.000000437. The first-order valence-electron chi connectivity index (χ1n) is 6.42. The fourth-order valence-corrected chi connectivity index (χ4v) is 1.71. The first kappa shape index (κ1) is 13.6. The molecule has 0 bridgehead atoms. The second kappa shape index (κ2) is 6.28. The van der Waals surface area contributed by atoms with Crippen LogP contribution in [0.4, 0.5) is 5.82 Å². The summed E-state index contributed by atoms with van der Waals surface area (Å²) in [4.78, 5) is 0. The number of hydrogen-bond acceptors (Lipinski definition) is 2. The molecule has 0 spiro atoms. The molecule has 94 valence electrons. The van der Waals surface area contributed by atoms with Gasteiger partial charge in [0.25, 0.3) is 0 Å². The van der Waals surface area contributed by atoms with E-state index in [4.69, 9.17) is 5.73 Å². The Labute approximate surface area is 104 Å². The molecule has 0 radical (unpaired) electrons. The molecule has 2 rings (SSSR count). The van der Waals surface area contributed by atoms with Crippen molar-refractivity contribution in [2.75, 3.05) is 5.73 Å². The van der Waals surface area contributed by atoms with E-state index in [1.54, 1.807) is 0 Å². The lowest BCUT2D eigenvalue weighted by atomic mass is 10.1. The third kappa shape index (κ3) is 2.99. The smallest absolute Gasteiger partial charge is 0.153 e. The Morgan fingerprint density at radius 2 is 1.82 bits per heavy atom. The largest absolute Gasteiger partial charge is 0.382 e. The average molecular weight is 233 g/mol. The summed E-state index contributed by atoms with van der Waals surface area (Å²) in [7, 11) is 0. The van der Waals surface area contributed by atoms with E-state index in [1.165, 1.54) is 12.0 Å². The van der Waals surface area contributed by atoms with Crippen LogP contribution in [-0.2, 0) is 13.0 Å². The fourth-order valence-electron chi connectivity index (χ4n) is 1.71. The van der Waals surface area contributed by atoms with Crippen molar-refractivity contribution >= 4 is 16.7 Å². The predicted octanol–water partition coefficient (Wildman–Crippen LogP) is 3.62. The summed E-state index contributed by atoms with van der Waals surface area (Å²) in [6.07, 6.45) is 2.30. The van der Waals surface area contributed by atoms with Crippen LogP contribution in [0.15, 0.2) is 18.2 Å². The molecule has 1 aromatic heterocycles. The number of nitrogen functional groups attached to an aromatic ring is 1. The first-order valence-corrected chi connectivity index (χ1v) is 6.42. The van der Waals surface area contributed by atoms with Gasteiger partial charge in [0.05, 0.1) is 5.52 Å². The summed E-state index contributed by atoms with van der Waals surface area (Å²) in [6.45, 7) is 9.34. The van der Waals surface area contributed by atoms with Crippen molar-refractivity contribution in [3.8, 4) is 0 Å². The number of hydrogen-bond donors (Lipinski definition) is 1. The molecule has 0 saturated heterocycles. The SMILES string of the molecule is CCC.CCc1ccc2c(N)nn(CC)c2c1. The zero-order chi connectivity index (χ0) is 12.8. The van der Waals surface area contributed by atoms with Crippen LogP contribution >= 0.6 is 0 Å². The summed E-state index contributed by atoms with van der Waals surface area (Å²) >= 11 is 0. The van der Waals surface area contributed by atoms with E-state index in [1.807, 2.05) is 4.68 Å². The Morgan fingerprint density at radius 3 is 2.35 bits per heavy atom. The van der Waals surface area contributed by atoms with Gasteiger partial charge in [-0.3, -0.25) is 4.68 Å². The highest BCUT2D eigenvalue weighted by atomic mass is 15.3. The molecule has 2 N–H and O–H groups in total. The van der Waals surface area contributed by atoms with Crippen molar-refractivity contribution in [3.63, 3.8) is 0 Å². The molecule has 0 amide bonds. The second-order valence-corrected chi connectivity index (χ2v) is 4.11. The number of nitrogens with two attached hydrogens (primary N) is 1. The predicted molar refractivity (Wildman–Crippen MR) is 75.2 cm³/mol. The topological polar surface area (TPSA) is 43.8 Å². The van der Waals surface area contributed by atoms with Crippen LogP contribution in [0.1, 0.15) is 39.7 Å². The Hall–Kier alpha value is -1.51. The lowest BCUT2D eigenvalue weighted by molar-refractivity contribution is 0.687. The summed E-state index contributed by atoms with van der Waals surface area (Å²) in [5.74, 6) is 0.629. The molecule has 3 nitrogen and oxygen atoms in total. The molecule has 0 atom stereocenters. The highest BCUT2D eigenvalue weighted by molar-refractivity contribution is 5.89. The van der Waals surface area contributed by atoms with Gasteiger partial charge >= 0.3 is 0 Å². The van der Waals surface area contributed by atoms with Crippen molar-refractivity contribution in [3.05, 3.63) is 23.8 Å². The molecule has 0 unspecified atom stereocenters. The average Bonchev–Trinajstić information content (AvgIpc) is 2.66. The van der Waals surface area contributed by atoms with Crippen LogP contribution in [0, 0.1) is 0 Å². The Bertz CT molecular complexity index is 472. The summed E-state index contributed by atoms with van der Waals surface area (Å²) in [6, 6.07) is 6.34. The van der Waals surface area contributed by atoms with Crippen LogP contribution in [0.5, 0.6) is 0 Å². The minimum absolute atomic E-state index is 0.629.